The Hall–Kier alpha value is -2.59. The Morgan fingerprint density at radius 1 is 1.07 bits per heavy atom. The molecule has 0 atom stereocenters. The number of carbonyl (C=O) groups excluding carboxylic acids is 1. The minimum Gasteiger partial charge on any atom is -0.488 e. The van der Waals surface area contributed by atoms with Gasteiger partial charge in [0.05, 0.1) is 4.88 Å². The Balaban J connectivity index is 1.62. The van der Waals surface area contributed by atoms with E-state index >= 15 is 0 Å². The minimum absolute atomic E-state index is 0.0874. The van der Waals surface area contributed by atoms with Crippen LogP contribution in [0.25, 0.3) is 0 Å². The van der Waals surface area contributed by atoms with Crippen LogP contribution in [0.3, 0.4) is 0 Å². The van der Waals surface area contributed by atoms with Crippen LogP contribution in [0.4, 0.5) is 5.69 Å². The maximum absolute atomic E-state index is 12.5. The summed E-state index contributed by atoms with van der Waals surface area (Å²) >= 11 is 1.44. The van der Waals surface area contributed by atoms with Crippen LogP contribution in [0, 0.1) is 13.8 Å². The van der Waals surface area contributed by atoms with E-state index in [9.17, 15) is 4.79 Å². The summed E-state index contributed by atoms with van der Waals surface area (Å²) in [5.74, 6) is 1.31. The zero-order valence-corrected chi connectivity index (χ0v) is 17.0. The summed E-state index contributed by atoms with van der Waals surface area (Å²) in [5, 5.41) is 4.94. The van der Waals surface area contributed by atoms with Gasteiger partial charge in [-0.2, -0.15) is 0 Å². The van der Waals surface area contributed by atoms with E-state index in [-0.39, 0.29) is 5.91 Å². The molecule has 140 valence electrons. The molecule has 3 rings (SSSR count). The summed E-state index contributed by atoms with van der Waals surface area (Å²) in [7, 11) is 0. The Kier molecular flexibility index (Phi) is 5.97. The Bertz CT molecular complexity index is 906. The predicted molar refractivity (Wildman–Crippen MR) is 113 cm³/mol. The second-order valence-corrected chi connectivity index (χ2v) is 7.97. The van der Waals surface area contributed by atoms with Crippen molar-refractivity contribution in [2.75, 3.05) is 5.32 Å². The van der Waals surface area contributed by atoms with E-state index in [2.05, 4.69) is 31.3 Å². The average molecular weight is 380 g/mol. The second-order valence-electron chi connectivity index (χ2n) is 7.06. The summed E-state index contributed by atoms with van der Waals surface area (Å²) in [6.45, 7) is 8.85. The normalized spacial score (nSPS) is 10.9. The lowest BCUT2D eigenvalue weighted by Crippen LogP contribution is -2.10. The number of ether oxygens (including phenoxy) is 1. The van der Waals surface area contributed by atoms with Gasteiger partial charge in [-0.1, -0.05) is 44.2 Å². The van der Waals surface area contributed by atoms with Crippen molar-refractivity contribution in [3.05, 3.63) is 81.0 Å². The average Bonchev–Trinajstić information content (AvgIpc) is 3.11. The number of rotatable bonds is 6. The molecule has 0 aliphatic heterocycles. The molecule has 0 bridgehead atoms. The number of thiophene rings is 1. The summed E-state index contributed by atoms with van der Waals surface area (Å²) in [4.78, 5) is 13.2. The standard InChI is InChI=1S/C23H25NO2S/c1-15(2)19-8-10-20(11-9-19)24-23(25)21-12-18(14-27-21)13-26-22-16(3)6-5-7-17(22)4/h5-12,14-15H,13H2,1-4H3,(H,24,25). The first-order valence-electron chi connectivity index (χ1n) is 9.12. The zero-order valence-electron chi connectivity index (χ0n) is 16.2. The number of aryl methyl sites for hydroxylation is 2. The van der Waals surface area contributed by atoms with Crippen LogP contribution in [0.1, 0.15) is 51.7 Å². The van der Waals surface area contributed by atoms with Crippen LogP contribution < -0.4 is 10.1 Å². The Labute approximate surface area is 165 Å². The largest absolute Gasteiger partial charge is 0.488 e. The first-order chi connectivity index (χ1) is 12.9. The summed E-state index contributed by atoms with van der Waals surface area (Å²) < 4.78 is 5.98. The monoisotopic (exact) mass is 379 g/mol. The van der Waals surface area contributed by atoms with Crippen molar-refractivity contribution in [3.63, 3.8) is 0 Å². The molecule has 3 nitrogen and oxygen atoms in total. The number of benzene rings is 2. The highest BCUT2D eigenvalue weighted by Gasteiger charge is 2.11. The topological polar surface area (TPSA) is 38.3 Å². The molecule has 0 spiro atoms. The number of para-hydroxylation sites is 1. The lowest BCUT2D eigenvalue weighted by Gasteiger charge is -2.11. The lowest BCUT2D eigenvalue weighted by atomic mass is 10.0. The van der Waals surface area contributed by atoms with Gasteiger partial charge in [0, 0.05) is 11.3 Å². The maximum Gasteiger partial charge on any atom is 0.265 e. The molecule has 4 heteroatoms. The lowest BCUT2D eigenvalue weighted by molar-refractivity contribution is 0.103. The highest BCUT2D eigenvalue weighted by molar-refractivity contribution is 7.12. The molecule has 0 radical (unpaired) electrons. The summed E-state index contributed by atoms with van der Waals surface area (Å²) in [5.41, 5.74) is 5.31. The highest BCUT2D eigenvalue weighted by atomic mass is 32.1. The van der Waals surface area contributed by atoms with E-state index in [4.69, 9.17) is 4.74 Å². The number of carbonyl (C=O) groups is 1. The third kappa shape index (κ3) is 4.77. The minimum atomic E-state index is -0.0874. The molecule has 1 aromatic heterocycles. The molecule has 2 aromatic carbocycles. The smallest absolute Gasteiger partial charge is 0.265 e. The third-order valence-electron chi connectivity index (χ3n) is 4.50. The molecule has 27 heavy (non-hydrogen) atoms. The van der Waals surface area contributed by atoms with Gasteiger partial charge in [0.1, 0.15) is 12.4 Å². The van der Waals surface area contributed by atoms with Gasteiger partial charge in [-0.05, 0) is 60.0 Å². The van der Waals surface area contributed by atoms with E-state index in [1.165, 1.54) is 16.9 Å². The van der Waals surface area contributed by atoms with Gasteiger partial charge < -0.3 is 10.1 Å². The van der Waals surface area contributed by atoms with E-state index < -0.39 is 0 Å². The number of hydrogen-bond donors (Lipinski definition) is 1. The first kappa shape index (κ1) is 19.2. The molecule has 0 unspecified atom stereocenters. The molecule has 1 N–H and O–H groups in total. The number of amides is 1. The van der Waals surface area contributed by atoms with Crippen LogP contribution in [0.15, 0.2) is 53.9 Å². The van der Waals surface area contributed by atoms with Crippen LogP contribution >= 0.6 is 11.3 Å². The van der Waals surface area contributed by atoms with E-state index in [0.717, 1.165) is 28.1 Å². The van der Waals surface area contributed by atoms with Crippen molar-refractivity contribution >= 4 is 22.9 Å². The van der Waals surface area contributed by atoms with Gasteiger partial charge in [0.15, 0.2) is 0 Å². The molecule has 1 amide bonds. The molecule has 0 saturated heterocycles. The van der Waals surface area contributed by atoms with Gasteiger partial charge in [-0.15, -0.1) is 11.3 Å². The molecule has 0 aliphatic rings. The van der Waals surface area contributed by atoms with Crippen molar-refractivity contribution in [1.29, 1.82) is 0 Å². The summed E-state index contributed by atoms with van der Waals surface area (Å²) in [6, 6.07) is 16.0. The number of anilines is 1. The molecule has 0 saturated carbocycles. The van der Waals surface area contributed by atoms with E-state index in [1.54, 1.807) is 0 Å². The molecule has 0 fully saturated rings. The first-order valence-corrected chi connectivity index (χ1v) is 9.99. The molecule has 3 aromatic rings. The van der Waals surface area contributed by atoms with Crippen molar-refractivity contribution in [3.8, 4) is 5.75 Å². The highest BCUT2D eigenvalue weighted by Crippen LogP contribution is 2.25. The fraction of sp³-hybridized carbons (Fsp3) is 0.261. The Morgan fingerprint density at radius 2 is 1.74 bits per heavy atom. The Morgan fingerprint density at radius 3 is 2.37 bits per heavy atom. The van der Waals surface area contributed by atoms with E-state index in [0.29, 0.717) is 17.4 Å². The second kappa shape index (κ2) is 8.40. The maximum atomic E-state index is 12.5. The van der Waals surface area contributed by atoms with Crippen molar-refractivity contribution in [2.24, 2.45) is 0 Å². The van der Waals surface area contributed by atoms with Crippen LogP contribution in [-0.4, -0.2) is 5.91 Å². The number of hydrogen-bond acceptors (Lipinski definition) is 3. The van der Waals surface area contributed by atoms with Crippen LogP contribution in [-0.2, 0) is 6.61 Å². The van der Waals surface area contributed by atoms with Crippen molar-refractivity contribution in [1.82, 2.24) is 0 Å². The van der Waals surface area contributed by atoms with Crippen molar-refractivity contribution in [2.45, 2.75) is 40.2 Å². The van der Waals surface area contributed by atoms with E-state index in [1.807, 2.05) is 55.6 Å². The van der Waals surface area contributed by atoms with Gasteiger partial charge in [-0.25, -0.2) is 0 Å². The zero-order chi connectivity index (χ0) is 19.4. The quantitative estimate of drug-likeness (QED) is 0.544. The van der Waals surface area contributed by atoms with Gasteiger partial charge in [-0.3, -0.25) is 4.79 Å². The van der Waals surface area contributed by atoms with Crippen LogP contribution in [0.5, 0.6) is 5.75 Å². The van der Waals surface area contributed by atoms with Gasteiger partial charge in [0.25, 0.3) is 5.91 Å². The summed E-state index contributed by atoms with van der Waals surface area (Å²) in [6.07, 6.45) is 0. The SMILES string of the molecule is Cc1cccc(C)c1OCc1csc(C(=O)Nc2ccc(C(C)C)cc2)c1. The predicted octanol–water partition coefficient (Wildman–Crippen LogP) is 6.32. The van der Waals surface area contributed by atoms with Crippen LogP contribution in [0.2, 0.25) is 0 Å². The van der Waals surface area contributed by atoms with Gasteiger partial charge >= 0.3 is 0 Å². The number of nitrogens with one attached hydrogen (secondary N) is 1. The van der Waals surface area contributed by atoms with Gasteiger partial charge in [0.2, 0.25) is 0 Å². The van der Waals surface area contributed by atoms with Crippen molar-refractivity contribution < 1.29 is 9.53 Å². The third-order valence-corrected chi connectivity index (χ3v) is 5.48. The fourth-order valence-corrected chi connectivity index (χ4v) is 3.69. The molecular weight excluding hydrogens is 354 g/mol. The molecular formula is C23H25NO2S. The molecule has 0 aliphatic carbocycles. The molecule has 1 heterocycles. The fourth-order valence-electron chi connectivity index (χ4n) is 2.90.